The minimum atomic E-state index is -0.221. The Hall–Kier alpha value is -3.62. The number of rotatable bonds is 5. The summed E-state index contributed by atoms with van der Waals surface area (Å²) >= 11 is 0. The summed E-state index contributed by atoms with van der Waals surface area (Å²) in [6, 6.07) is 5.54. The maximum absolute atomic E-state index is 12.5. The van der Waals surface area contributed by atoms with Crippen molar-refractivity contribution < 1.29 is 9.53 Å². The minimum absolute atomic E-state index is 0.00276. The number of nitrogens with zero attached hydrogens (tertiary/aromatic N) is 6. The first kappa shape index (κ1) is 19.7. The lowest BCUT2D eigenvalue weighted by Gasteiger charge is -2.31. The molecule has 0 atom stereocenters. The Labute approximate surface area is 173 Å². The number of pyridine rings is 1. The van der Waals surface area contributed by atoms with E-state index in [1.54, 1.807) is 36.6 Å². The maximum atomic E-state index is 12.5. The van der Waals surface area contributed by atoms with Crippen molar-refractivity contribution in [2.75, 3.05) is 13.1 Å². The molecule has 0 radical (unpaired) electrons. The molecule has 1 fully saturated rings. The van der Waals surface area contributed by atoms with Gasteiger partial charge in [-0.05, 0) is 24.6 Å². The molecule has 30 heavy (non-hydrogen) atoms. The zero-order valence-corrected chi connectivity index (χ0v) is 16.6. The molecule has 0 aromatic carbocycles. The molecule has 1 amide bonds. The number of carbonyl (C=O) groups is 1. The van der Waals surface area contributed by atoms with Gasteiger partial charge in [-0.25, -0.2) is 15.0 Å². The molecule has 0 saturated carbocycles. The number of hydrogen-bond donors (Lipinski definition) is 0. The molecule has 0 spiro atoms. The normalized spacial score (nSPS) is 14.5. The zero-order valence-electron chi connectivity index (χ0n) is 16.6. The first-order valence-corrected chi connectivity index (χ1v) is 9.78. The molecule has 4 heterocycles. The third-order valence-electron chi connectivity index (χ3n) is 5.03. The summed E-state index contributed by atoms with van der Waals surface area (Å²) in [5.41, 5.74) is 2.30. The first-order chi connectivity index (χ1) is 14.6. The van der Waals surface area contributed by atoms with E-state index < -0.39 is 0 Å². The van der Waals surface area contributed by atoms with Gasteiger partial charge in [0.1, 0.15) is 12.6 Å². The van der Waals surface area contributed by atoms with Crippen LogP contribution in [-0.4, -0.2) is 54.5 Å². The molecule has 4 rings (SSSR count). The van der Waals surface area contributed by atoms with E-state index in [1.807, 2.05) is 12.1 Å². The molecule has 9 nitrogen and oxygen atoms in total. The van der Waals surface area contributed by atoms with E-state index in [9.17, 15) is 9.59 Å². The summed E-state index contributed by atoms with van der Waals surface area (Å²) in [6.07, 6.45) is 9.63. The van der Waals surface area contributed by atoms with Crippen LogP contribution in [-0.2, 0) is 11.3 Å². The van der Waals surface area contributed by atoms with E-state index in [0.29, 0.717) is 37.6 Å². The summed E-state index contributed by atoms with van der Waals surface area (Å²) in [7, 11) is 0. The monoisotopic (exact) mass is 406 g/mol. The van der Waals surface area contributed by atoms with E-state index in [-0.39, 0.29) is 24.1 Å². The summed E-state index contributed by atoms with van der Waals surface area (Å²) in [4.78, 5) is 42.9. The molecule has 3 aromatic rings. The van der Waals surface area contributed by atoms with Gasteiger partial charge in [-0.2, -0.15) is 0 Å². The van der Waals surface area contributed by atoms with Crippen molar-refractivity contribution >= 4 is 5.91 Å². The Kier molecular flexibility index (Phi) is 5.78. The summed E-state index contributed by atoms with van der Waals surface area (Å²) in [6.45, 7) is 2.87. The van der Waals surface area contributed by atoms with Gasteiger partial charge < -0.3 is 9.64 Å². The average Bonchev–Trinajstić information content (AvgIpc) is 2.77. The Morgan fingerprint density at radius 3 is 2.47 bits per heavy atom. The van der Waals surface area contributed by atoms with Gasteiger partial charge in [0.15, 0.2) is 0 Å². The van der Waals surface area contributed by atoms with Gasteiger partial charge in [0, 0.05) is 68.0 Å². The number of hydrogen-bond acceptors (Lipinski definition) is 7. The number of aryl methyl sites for hydroxylation is 1. The van der Waals surface area contributed by atoms with Crippen LogP contribution in [0.25, 0.3) is 11.1 Å². The second kappa shape index (κ2) is 8.81. The molecule has 9 heteroatoms. The Morgan fingerprint density at radius 1 is 1.10 bits per heavy atom. The van der Waals surface area contributed by atoms with Crippen molar-refractivity contribution in [1.29, 1.82) is 0 Å². The van der Waals surface area contributed by atoms with Crippen molar-refractivity contribution in [3.63, 3.8) is 0 Å². The van der Waals surface area contributed by atoms with Gasteiger partial charge in [-0.3, -0.25) is 19.1 Å². The smallest absolute Gasteiger partial charge is 0.316 e. The SMILES string of the molecule is Cc1cc(=O)n(CC(=O)N2CCC(Oc3ncc(-c4ccncc4)cn3)CC2)cn1. The van der Waals surface area contributed by atoms with Crippen molar-refractivity contribution in [3.8, 4) is 17.1 Å². The number of ether oxygens (including phenoxy) is 1. The molecular weight excluding hydrogens is 384 g/mol. The van der Waals surface area contributed by atoms with Crippen molar-refractivity contribution in [3.05, 3.63) is 65.4 Å². The quantitative estimate of drug-likeness (QED) is 0.632. The van der Waals surface area contributed by atoms with Crippen LogP contribution in [0.3, 0.4) is 0 Å². The van der Waals surface area contributed by atoms with E-state index in [2.05, 4.69) is 19.9 Å². The predicted octanol–water partition coefficient (Wildman–Crippen LogP) is 1.47. The lowest BCUT2D eigenvalue weighted by atomic mass is 10.1. The molecular formula is C21H22N6O3. The predicted molar refractivity (Wildman–Crippen MR) is 109 cm³/mol. The molecule has 0 N–H and O–H groups in total. The van der Waals surface area contributed by atoms with Gasteiger partial charge in [0.2, 0.25) is 5.91 Å². The van der Waals surface area contributed by atoms with Crippen LogP contribution in [0.4, 0.5) is 0 Å². The van der Waals surface area contributed by atoms with Crippen molar-refractivity contribution in [2.24, 2.45) is 0 Å². The highest BCUT2D eigenvalue weighted by molar-refractivity contribution is 5.76. The molecule has 154 valence electrons. The molecule has 3 aromatic heterocycles. The van der Waals surface area contributed by atoms with Crippen LogP contribution in [0.5, 0.6) is 6.01 Å². The fraction of sp³-hybridized carbons (Fsp3) is 0.333. The van der Waals surface area contributed by atoms with E-state index in [0.717, 1.165) is 11.1 Å². The van der Waals surface area contributed by atoms with E-state index in [1.165, 1.54) is 17.0 Å². The molecule has 0 unspecified atom stereocenters. The lowest BCUT2D eigenvalue weighted by molar-refractivity contribution is -0.133. The number of likely N-dealkylation sites (tertiary alicyclic amines) is 1. The van der Waals surface area contributed by atoms with Gasteiger partial charge >= 0.3 is 6.01 Å². The zero-order chi connectivity index (χ0) is 20.9. The number of carbonyl (C=O) groups excluding carboxylic acids is 1. The second-order valence-electron chi connectivity index (χ2n) is 7.18. The molecule has 1 aliphatic heterocycles. The highest BCUT2D eigenvalue weighted by atomic mass is 16.5. The number of amides is 1. The van der Waals surface area contributed by atoms with Crippen LogP contribution in [0.2, 0.25) is 0 Å². The van der Waals surface area contributed by atoms with Crippen molar-refractivity contribution in [1.82, 2.24) is 29.4 Å². The summed E-state index contributed by atoms with van der Waals surface area (Å²) < 4.78 is 7.22. The first-order valence-electron chi connectivity index (χ1n) is 9.78. The summed E-state index contributed by atoms with van der Waals surface area (Å²) in [5, 5.41) is 0. The topological polar surface area (TPSA) is 103 Å². The van der Waals surface area contributed by atoms with Crippen molar-refractivity contribution in [2.45, 2.75) is 32.4 Å². The van der Waals surface area contributed by atoms with Crippen LogP contribution in [0, 0.1) is 6.92 Å². The summed E-state index contributed by atoms with van der Waals surface area (Å²) in [5.74, 6) is -0.0980. The van der Waals surface area contributed by atoms with Gasteiger partial charge in [0.05, 0.1) is 6.33 Å². The Morgan fingerprint density at radius 2 is 1.80 bits per heavy atom. The van der Waals surface area contributed by atoms with Gasteiger partial charge in [0.25, 0.3) is 5.56 Å². The number of aromatic nitrogens is 5. The third-order valence-corrected chi connectivity index (χ3v) is 5.03. The maximum Gasteiger partial charge on any atom is 0.316 e. The number of piperidine rings is 1. The standard InChI is InChI=1S/C21H22N6O3/c1-15-10-19(28)27(14-25-15)13-20(29)26-8-4-18(5-9-26)30-21-23-11-17(12-24-21)16-2-6-22-7-3-16/h2-3,6-7,10-12,14,18H,4-5,8-9,13H2,1H3. The molecule has 0 aliphatic carbocycles. The highest BCUT2D eigenvalue weighted by Gasteiger charge is 2.24. The highest BCUT2D eigenvalue weighted by Crippen LogP contribution is 2.20. The van der Waals surface area contributed by atoms with Crippen LogP contribution < -0.4 is 10.3 Å². The largest absolute Gasteiger partial charge is 0.460 e. The van der Waals surface area contributed by atoms with E-state index >= 15 is 0 Å². The second-order valence-corrected chi connectivity index (χ2v) is 7.18. The third kappa shape index (κ3) is 4.68. The Balaban J connectivity index is 1.29. The van der Waals surface area contributed by atoms with Crippen LogP contribution >= 0.6 is 0 Å². The Bertz CT molecular complexity index is 1060. The van der Waals surface area contributed by atoms with Crippen LogP contribution in [0.15, 0.2) is 54.1 Å². The van der Waals surface area contributed by atoms with E-state index in [4.69, 9.17) is 4.74 Å². The lowest BCUT2D eigenvalue weighted by Crippen LogP contribution is -2.44. The molecule has 0 bridgehead atoms. The van der Waals surface area contributed by atoms with Gasteiger partial charge in [-0.1, -0.05) is 0 Å². The fourth-order valence-electron chi connectivity index (χ4n) is 3.32. The molecule has 1 aliphatic rings. The average molecular weight is 406 g/mol. The van der Waals surface area contributed by atoms with Crippen LogP contribution in [0.1, 0.15) is 18.5 Å². The molecule has 1 saturated heterocycles. The minimum Gasteiger partial charge on any atom is -0.460 e. The van der Waals surface area contributed by atoms with Gasteiger partial charge in [-0.15, -0.1) is 0 Å². The fourth-order valence-corrected chi connectivity index (χ4v) is 3.32.